The average molecular weight is 530 g/mol. The molecule has 2 N–H and O–H groups in total. The second-order valence-corrected chi connectivity index (χ2v) is 10.0. The minimum Gasteiger partial charge on any atom is -0.336 e. The van der Waals surface area contributed by atoms with Gasteiger partial charge in [-0.15, -0.1) is 11.3 Å². The lowest BCUT2D eigenvalue weighted by Gasteiger charge is -2.14. The predicted octanol–water partition coefficient (Wildman–Crippen LogP) is 4.63. The monoisotopic (exact) mass is 529 g/mol. The molecule has 31 heavy (non-hydrogen) atoms. The highest BCUT2D eigenvalue weighted by Gasteiger charge is 2.28. The SMILES string of the molecule is Cc1cc(C)c(NC(=O)c2sccc2S(=O)(=O)Nc2onc(C)c2Br)c(C(=O)CF)c1. The molecule has 0 radical (unpaired) electrons. The smallest absolute Gasteiger partial charge is 0.267 e. The second-order valence-electron chi connectivity index (χ2n) is 6.65. The number of aryl methyl sites for hydroxylation is 3. The number of carbonyl (C=O) groups excluding carboxylic acids is 2. The van der Waals surface area contributed by atoms with Crippen LogP contribution in [0, 0.1) is 20.8 Å². The summed E-state index contributed by atoms with van der Waals surface area (Å²) in [6.45, 7) is 3.80. The number of hydrogen-bond donors (Lipinski definition) is 2. The Labute approximate surface area is 190 Å². The van der Waals surface area contributed by atoms with Crippen LogP contribution in [0.5, 0.6) is 0 Å². The molecule has 0 spiro atoms. The van der Waals surface area contributed by atoms with E-state index in [1.165, 1.54) is 17.5 Å². The molecule has 0 fully saturated rings. The van der Waals surface area contributed by atoms with Crippen molar-refractivity contribution in [2.75, 3.05) is 16.7 Å². The van der Waals surface area contributed by atoms with Crippen molar-refractivity contribution in [2.45, 2.75) is 25.7 Å². The van der Waals surface area contributed by atoms with Crippen molar-refractivity contribution in [1.82, 2.24) is 5.16 Å². The lowest BCUT2D eigenvalue weighted by atomic mass is 10.0. The van der Waals surface area contributed by atoms with Crippen molar-refractivity contribution in [3.8, 4) is 0 Å². The third-order valence-corrected chi connectivity index (χ3v) is 7.63. The molecule has 0 saturated heterocycles. The molecule has 0 bridgehead atoms. The number of amides is 1. The predicted molar refractivity (Wildman–Crippen MR) is 118 cm³/mol. The van der Waals surface area contributed by atoms with E-state index in [-0.39, 0.29) is 26.9 Å². The number of benzene rings is 1. The van der Waals surface area contributed by atoms with Gasteiger partial charge in [-0.3, -0.25) is 9.59 Å². The Morgan fingerprint density at radius 1 is 1.26 bits per heavy atom. The van der Waals surface area contributed by atoms with Crippen molar-refractivity contribution in [3.05, 3.63) is 55.3 Å². The molecule has 0 aliphatic rings. The van der Waals surface area contributed by atoms with Gasteiger partial charge in [-0.25, -0.2) is 17.5 Å². The number of Topliss-reactive ketones (excluding diaryl/α,β-unsaturated/α-hetero) is 1. The first-order chi connectivity index (χ1) is 14.5. The maximum absolute atomic E-state index is 13.0. The Morgan fingerprint density at radius 3 is 2.58 bits per heavy atom. The highest BCUT2D eigenvalue weighted by atomic mass is 79.9. The molecule has 0 atom stereocenters. The molecular weight excluding hydrogens is 513 g/mol. The average Bonchev–Trinajstić information content (AvgIpc) is 3.32. The summed E-state index contributed by atoms with van der Waals surface area (Å²) < 4.78 is 46.2. The minimum atomic E-state index is -4.19. The third kappa shape index (κ3) is 4.70. The number of nitrogens with zero attached hydrogens (tertiary/aromatic N) is 1. The van der Waals surface area contributed by atoms with Crippen LogP contribution >= 0.6 is 27.3 Å². The van der Waals surface area contributed by atoms with Crippen LogP contribution in [0.4, 0.5) is 16.0 Å². The normalized spacial score (nSPS) is 11.4. The van der Waals surface area contributed by atoms with Crippen LogP contribution in [0.25, 0.3) is 0 Å². The van der Waals surface area contributed by atoms with Crippen LogP contribution in [0.3, 0.4) is 0 Å². The highest BCUT2D eigenvalue weighted by molar-refractivity contribution is 9.10. The maximum atomic E-state index is 13.0. The first-order valence-electron chi connectivity index (χ1n) is 8.79. The van der Waals surface area contributed by atoms with E-state index in [9.17, 15) is 22.4 Å². The summed E-state index contributed by atoms with van der Waals surface area (Å²) in [6, 6.07) is 4.47. The van der Waals surface area contributed by atoms with Crippen molar-refractivity contribution in [3.63, 3.8) is 0 Å². The topological polar surface area (TPSA) is 118 Å². The van der Waals surface area contributed by atoms with Crippen LogP contribution < -0.4 is 10.0 Å². The number of aromatic nitrogens is 1. The standard InChI is InChI=1S/C19H17BrFN3O5S2/c1-9-6-10(2)16(12(7-9)13(25)8-21)22-18(26)17-14(4-5-30-17)31(27,28)24-19-15(20)11(3)23-29-19/h4-7,24H,8H2,1-3H3,(H,22,26). The molecule has 0 unspecified atom stereocenters. The van der Waals surface area contributed by atoms with Gasteiger partial charge < -0.3 is 9.84 Å². The van der Waals surface area contributed by atoms with Crippen molar-refractivity contribution < 1.29 is 26.9 Å². The maximum Gasteiger partial charge on any atom is 0.267 e. The number of nitrogens with one attached hydrogen (secondary N) is 2. The van der Waals surface area contributed by atoms with Gasteiger partial charge in [0.15, 0.2) is 12.5 Å². The Balaban J connectivity index is 1.95. The molecule has 0 saturated carbocycles. The quantitative estimate of drug-likeness (QED) is 0.430. The number of halogens is 2. The number of thiophene rings is 1. The number of hydrogen-bond acceptors (Lipinski definition) is 7. The van der Waals surface area contributed by atoms with Gasteiger partial charge in [-0.1, -0.05) is 11.2 Å². The summed E-state index contributed by atoms with van der Waals surface area (Å²) in [6.07, 6.45) is 0. The molecule has 1 aromatic carbocycles. The number of alkyl halides is 1. The van der Waals surface area contributed by atoms with E-state index in [2.05, 4.69) is 31.1 Å². The van der Waals surface area contributed by atoms with E-state index in [0.717, 1.165) is 16.9 Å². The Kier molecular flexibility index (Phi) is 6.62. The Bertz CT molecular complexity index is 1280. The summed E-state index contributed by atoms with van der Waals surface area (Å²) in [5.41, 5.74) is 1.88. The Morgan fingerprint density at radius 2 is 1.97 bits per heavy atom. The number of carbonyl (C=O) groups is 2. The first-order valence-corrected chi connectivity index (χ1v) is 11.9. The molecule has 12 heteroatoms. The zero-order chi connectivity index (χ0) is 22.9. The zero-order valence-electron chi connectivity index (χ0n) is 16.6. The zero-order valence-corrected chi connectivity index (χ0v) is 19.8. The van der Waals surface area contributed by atoms with Crippen molar-refractivity contribution >= 4 is 60.6 Å². The van der Waals surface area contributed by atoms with Gasteiger partial charge in [0.05, 0.1) is 11.4 Å². The Hall–Kier alpha value is -2.57. The van der Waals surface area contributed by atoms with E-state index < -0.39 is 28.4 Å². The summed E-state index contributed by atoms with van der Waals surface area (Å²) in [7, 11) is -4.19. The molecule has 2 aromatic heterocycles. The molecule has 0 aliphatic heterocycles. The van der Waals surface area contributed by atoms with Crippen LogP contribution in [-0.4, -0.2) is 31.9 Å². The highest BCUT2D eigenvalue weighted by Crippen LogP contribution is 2.31. The van der Waals surface area contributed by atoms with E-state index in [0.29, 0.717) is 15.7 Å². The van der Waals surface area contributed by atoms with Gasteiger partial charge in [0.25, 0.3) is 21.8 Å². The van der Waals surface area contributed by atoms with E-state index >= 15 is 0 Å². The van der Waals surface area contributed by atoms with Gasteiger partial charge in [0.2, 0.25) is 0 Å². The number of rotatable bonds is 7. The van der Waals surface area contributed by atoms with Gasteiger partial charge in [-0.05, 0) is 65.3 Å². The first kappa shape index (κ1) is 23.1. The molecule has 3 aromatic rings. The molecular formula is C19H17BrFN3O5S2. The molecule has 1 amide bonds. The van der Waals surface area contributed by atoms with E-state index in [1.807, 2.05) is 0 Å². The van der Waals surface area contributed by atoms with E-state index in [4.69, 9.17) is 4.52 Å². The van der Waals surface area contributed by atoms with Gasteiger partial charge in [-0.2, -0.15) is 0 Å². The van der Waals surface area contributed by atoms with Crippen LogP contribution in [0.2, 0.25) is 0 Å². The van der Waals surface area contributed by atoms with Gasteiger partial charge in [0.1, 0.15) is 14.2 Å². The molecule has 8 nitrogen and oxygen atoms in total. The van der Waals surface area contributed by atoms with E-state index in [1.54, 1.807) is 26.8 Å². The summed E-state index contributed by atoms with van der Waals surface area (Å²) in [5, 5.41) is 7.66. The van der Waals surface area contributed by atoms with Crippen molar-refractivity contribution in [2.24, 2.45) is 0 Å². The number of ketones is 1. The lowest BCUT2D eigenvalue weighted by Crippen LogP contribution is -2.20. The fraction of sp³-hybridized carbons (Fsp3) is 0.211. The summed E-state index contributed by atoms with van der Waals surface area (Å²) in [5.74, 6) is -1.66. The number of sulfonamides is 1. The van der Waals surface area contributed by atoms with Crippen LogP contribution in [0.1, 0.15) is 36.9 Å². The fourth-order valence-electron chi connectivity index (χ4n) is 2.87. The van der Waals surface area contributed by atoms with Crippen molar-refractivity contribution in [1.29, 1.82) is 0 Å². The van der Waals surface area contributed by atoms with Gasteiger partial charge >= 0.3 is 0 Å². The van der Waals surface area contributed by atoms with Crippen LogP contribution in [0.15, 0.2) is 37.5 Å². The van der Waals surface area contributed by atoms with Gasteiger partial charge in [0, 0.05) is 5.56 Å². The minimum absolute atomic E-state index is 0.0218. The second kappa shape index (κ2) is 8.89. The summed E-state index contributed by atoms with van der Waals surface area (Å²) >= 11 is 4.08. The molecule has 0 aliphatic carbocycles. The lowest BCUT2D eigenvalue weighted by molar-refractivity contribution is 0.0959. The largest absolute Gasteiger partial charge is 0.336 e. The molecule has 3 rings (SSSR count). The molecule has 2 heterocycles. The summed E-state index contributed by atoms with van der Waals surface area (Å²) in [4.78, 5) is 24.6. The molecule has 164 valence electrons. The third-order valence-electron chi connectivity index (χ3n) is 4.28. The fourth-order valence-corrected chi connectivity index (χ4v) is 5.56. The van der Waals surface area contributed by atoms with Crippen LogP contribution in [-0.2, 0) is 10.0 Å². The number of anilines is 2.